The van der Waals surface area contributed by atoms with Crippen LogP contribution in [0.3, 0.4) is 0 Å². The second-order valence-corrected chi connectivity index (χ2v) is 6.60. The van der Waals surface area contributed by atoms with Crippen LogP contribution in [-0.2, 0) is 11.3 Å². The SMILES string of the molecule is CCOC(CCNC(=NC)NCc1cc(C#N)ccc1F)C1CCCC1.I. The molecule has 1 unspecified atom stereocenters. The fourth-order valence-electron chi connectivity index (χ4n) is 3.51. The van der Waals surface area contributed by atoms with Gasteiger partial charge in [0.05, 0.1) is 17.7 Å². The van der Waals surface area contributed by atoms with Crippen molar-refractivity contribution in [2.24, 2.45) is 10.9 Å². The largest absolute Gasteiger partial charge is 0.378 e. The van der Waals surface area contributed by atoms with Gasteiger partial charge in [0.1, 0.15) is 5.82 Å². The first-order valence-corrected chi connectivity index (χ1v) is 9.42. The highest BCUT2D eigenvalue weighted by Gasteiger charge is 2.25. The molecule has 1 saturated carbocycles. The van der Waals surface area contributed by atoms with Crippen molar-refractivity contribution in [3.05, 3.63) is 35.1 Å². The zero-order valence-electron chi connectivity index (χ0n) is 16.1. The highest BCUT2D eigenvalue weighted by molar-refractivity contribution is 14.0. The molecule has 0 bridgehead atoms. The second kappa shape index (κ2) is 12.9. The van der Waals surface area contributed by atoms with Gasteiger partial charge in [-0.15, -0.1) is 24.0 Å². The van der Waals surface area contributed by atoms with Crippen LogP contribution in [0.2, 0.25) is 0 Å². The van der Waals surface area contributed by atoms with E-state index in [9.17, 15) is 4.39 Å². The molecule has 0 spiro atoms. The van der Waals surface area contributed by atoms with Gasteiger partial charge in [-0.3, -0.25) is 4.99 Å². The molecule has 0 heterocycles. The summed E-state index contributed by atoms with van der Waals surface area (Å²) < 4.78 is 19.8. The molecule has 150 valence electrons. The normalized spacial score (nSPS) is 15.7. The fourth-order valence-corrected chi connectivity index (χ4v) is 3.51. The number of rotatable bonds is 8. The average Bonchev–Trinajstić information content (AvgIpc) is 3.19. The maximum atomic E-state index is 13.8. The minimum atomic E-state index is -0.329. The zero-order chi connectivity index (χ0) is 18.8. The van der Waals surface area contributed by atoms with Gasteiger partial charge in [-0.05, 0) is 50.3 Å². The van der Waals surface area contributed by atoms with Gasteiger partial charge in [-0.25, -0.2) is 4.39 Å². The molecule has 1 aliphatic carbocycles. The number of nitrogens with zero attached hydrogens (tertiary/aromatic N) is 2. The van der Waals surface area contributed by atoms with Gasteiger partial charge in [0, 0.05) is 32.3 Å². The van der Waals surface area contributed by atoms with Crippen LogP contribution in [0, 0.1) is 23.1 Å². The third-order valence-electron chi connectivity index (χ3n) is 4.87. The van der Waals surface area contributed by atoms with Crippen LogP contribution < -0.4 is 10.6 Å². The van der Waals surface area contributed by atoms with E-state index >= 15 is 0 Å². The van der Waals surface area contributed by atoms with Crippen molar-refractivity contribution in [2.75, 3.05) is 20.2 Å². The molecule has 1 aromatic rings. The van der Waals surface area contributed by atoms with E-state index in [0.717, 1.165) is 19.6 Å². The number of benzene rings is 1. The summed E-state index contributed by atoms with van der Waals surface area (Å²) in [7, 11) is 1.69. The van der Waals surface area contributed by atoms with Crippen LogP contribution in [0.1, 0.15) is 50.2 Å². The van der Waals surface area contributed by atoms with Crippen molar-refractivity contribution >= 4 is 29.9 Å². The van der Waals surface area contributed by atoms with E-state index in [4.69, 9.17) is 10.00 Å². The Morgan fingerprint density at radius 2 is 2.11 bits per heavy atom. The second-order valence-electron chi connectivity index (χ2n) is 6.60. The summed E-state index contributed by atoms with van der Waals surface area (Å²) in [4.78, 5) is 4.18. The smallest absolute Gasteiger partial charge is 0.191 e. The molecule has 0 radical (unpaired) electrons. The molecule has 0 saturated heterocycles. The van der Waals surface area contributed by atoms with Crippen LogP contribution in [-0.4, -0.2) is 32.3 Å². The van der Waals surface area contributed by atoms with Crippen molar-refractivity contribution in [2.45, 2.75) is 51.7 Å². The van der Waals surface area contributed by atoms with E-state index in [-0.39, 0.29) is 42.4 Å². The number of hydrogen-bond acceptors (Lipinski definition) is 3. The summed E-state index contributed by atoms with van der Waals surface area (Å²) in [6, 6.07) is 6.38. The third-order valence-corrected chi connectivity index (χ3v) is 4.87. The number of guanidine groups is 1. The van der Waals surface area contributed by atoms with E-state index in [0.29, 0.717) is 23.0 Å². The standard InChI is InChI=1S/C20H29FN4O.HI/c1-3-26-19(16-6-4-5-7-16)10-11-24-20(23-2)25-14-17-12-15(13-22)8-9-18(17)21;/h8-9,12,16,19H,3-7,10-11,14H2,1-2H3,(H2,23,24,25);1H. The summed E-state index contributed by atoms with van der Waals surface area (Å²) in [6.45, 7) is 3.81. The van der Waals surface area contributed by atoms with Crippen LogP contribution in [0.5, 0.6) is 0 Å². The molecule has 5 nitrogen and oxygen atoms in total. The van der Waals surface area contributed by atoms with E-state index in [1.807, 2.05) is 13.0 Å². The predicted molar refractivity (Wildman–Crippen MR) is 117 cm³/mol. The summed E-state index contributed by atoms with van der Waals surface area (Å²) in [5, 5.41) is 15.3. The Morgan fingerprint density at radius 3 is 2.74 bits per heavy atom. The molecule has 1 atom stereocenters. The number of hydrogen-bond donors (Lipinski definition) is 2. The maximum absolute atomic E-state index is 13.8. The van der Waals surface area contributed by atoms with E-state index < -0.39 is 0 Å². The van der Waals surface area contributed by atoms with E-state index in [2.05, 4.69) is 15.6 Å². The zero-order valence-corrected chi connectivity index (χ0v) is 18.5. The first-order chi connectivity index (χ1) is 12.7. The van der Waals surface area contributed by atoms with Crippen molar-refractivity contribution < 1.29 is 9.13 Å². The molecule has 1 aromatic carbocycles. The topological polar surface area (TPSA) is 69.4 Å². The highest BCUT2D eigenvalue weighted by atomic mass is 127. The number of aliphatic imine (C=N–C) groups is 1. The Bertz CT molecular complexity index is 641. The summed E-state index contributed by atoms with van der Waals surface area (Å²) >= 11 is 0. The lowest BCUT2D eigenvalue weighted by molar-refractivity contribution is 0.0169. The molecular weight excluding hydrogens is 458 g/mol. The minimum Gasteiger partial charge on any atom is -0.378 e. The quantitative estimate of drug-likeness (QED) is 0.330. The maximum Gasteiger partial charge on any atom is 0.191 e. The fraction of sp³-hybridized carbons (Fsp3) is 0.600. The number of ether oxygens (including phenoxy) is 1. The molecule has 7 heteroatoms. The van der Waals surface area contributed by atoms with Gasteiger partial charge in [0.2, 0.25) is 0 Å². The molecule has 2 rings (SSSR count). The highest BCUT2D eigenvalue weighted by Crippen LogP contribution is 2.30. The molecule has 1 aliphatic rings. The third kappa shape index (κ3) is 7.62. The minimum absolute atomic E-state index is 0. The number of nitriles is 1. The molecular formula is C20H30FIN4O. The van der Waals surface area contributed by atoms with E-state index in [1.165, 1.54) is 37.8 Å². The van der Waals surface area contributed by atoms with Crippen molar-refractivity contribution in [3.63, 3.8) is 0 Å². The van der Waals surface area contributed by atoms with Crippen molar-refractivity contribution in [1.82, 2.24) is 10.6 Å². The molecule has 27 heavy (non-hydrogen) atoms. The van der Waals surface area contributed by atoms with Gasteiger partial charge < -0.3 is 15.4 Å². The van der Waals surface area contributed by atoms with E-state index in [1.54, 1.807) is 13.1 Å². The molecule has 0 amide bonds. The molecule has 0 aliphatic heterocycles. The number of halogens is 2. The van der Waals surface area contributed by atoms with Crippen LogP contribution in [0.15, 0.2) is 23.2 Å². The monoisotopic (exact) mass is 488 g/mol. The lowest BCUT2D eigenvalue weighted by atomic mass is 9.98. The Kier molecular flexibility index (Phi) is 11.3. The Labute approximate surface area is 178 Å². The van der Waals surface area contributed by atoms with Gasteiger partial charge >= 0.3 is 0 Å². The van der Waals surface area contributed by atoms with Gasteiger partial charge in [-0.2, -0.15) is 5.26 Å². The predicted octanol–water partition coefficient (Wildman–Crippen LogP) is 3.97. The van der Waals surface area contributed by atoms with Crippen LogP contribution in [0.25, 0.3) is 0 Å². The van der Waals surface area contributed by atoms with Gasteiger partial charge in [0.25, 0.3) is 0 Å². The van der Waals surface area contributed by atoms with Crippen LogP contribution in [0.4, 0.5) is 4.39 Å². The lowest BCUT2D eigenvalue weighted by Crippen LogP contribution is -2.39. The summed E-state index contributed by atoms with van der Waals surface area (Å²) in [5.74, 6) is 0.951. The van der Waals surface area contributed by atoms with Crippen molar-refractivity contribution in [1.29, 1.82) is 5.26 Å². The van der Waals surface area contributed by atoms with Gasteiger partial charge in [-0.1, -0.05) is 12.8 Å². The van der Waals surface area contributed by atoms with Crippen molar-refractivity contribution in [3.8, 4) is 6.07 Å². The first kappa shape index (κ1) is 23.6. The van der Waals surface area contributed by atoms with Gasteiger partial charge in [0.15, 0.2) is 5.96 Å². The average molecular weight is 488 g/mol. The lowest BCUT2D eigenvalue weighted by Gasteiger charge is -2.24. The molecule has 1 fully saturated rings. The number of nitrogens with one attached hydrogen (secondary N) is 2. The Morgan fingerprint density at radius 1 is 1.37 bits per heavy atom. The summed E-state index contributed by atoms with van der Waals surface area (Å²) in [6.07, 6.45) is 6.34. The molecule has 2 N–H and O–H groups in total. The Balaban J connectivity index is 0.00000364. The molecule has 0 aromatic heterocycles. The Hall–Kier alpha value is -1.40. The first-order valence-electron chi connectivity index (χ1n) is 9.42. The summed E-state index contributed by atoms with van der Waals surface area (Å²) in [5.41, 5.74) is 0.896. The van der Waals surface area contributed by atoms with Crippen LogP contribution >= 0.6 is 24.0 Å².